The van der Waals surface area contributed by atoms with Gasteiger partial charge in [0.05, 0.1) is 0 Å². The zero-order chi connectivity index (χ0) is 13.5. The van der Waals surface area contributed by atoms with E-state index in [-0.39, 0.29) is 5.91 Å². The average molecular weight is 250 g/mol. The van der Waals surface area contributed by atoms with E-state index in [2.05, 4.69) is 28.9 Å². The van der Waals surface area contributed by atoms with Crippen LogP contribution >= 0.6 is 0 Å². The van der Waals surface area contributed by atoms with Crippen molar-refractivity contribution in [3.63, 3.8) is 0 Å². The minimum Gasteiger partial charge on any atom is -0.356 e. The molecule has 1 heterocycles. The Morgan fingerprint density at radius 2 is 1.61 bits per heavy atom. The molecule has 0 aliphatic heterocycles. The number of aromatic nitrogens is 2. The van der Waals surface area contributed by atoms with Gasteiger partial charge in [0.1, 0.15) is 0 Å². The number of carbonyl (C=O) groups excluding carboxylic acids is 1. The zero-order valence-corrected chi connectivity index (χ0v) is 11.7. The number of anilines is 1. The summed E-state index contributed by atoms with van der Waals surface area (Å²) < 4.78 is 0. The molecule has 0 aliphatic carbocycles. The van der Waals surface area contributed by atoms with Crippen molar-refractivity contribution in [3.05, 3.63) is 17.8 Å². The van der Waals surface area contributed by atoms with Gasteiger partial charge in [0.15, 0.2) is 11.5 Å². The molecule has 5 nitrogen and oxygen atoms in total. The molecule has 0 radical (unpaired) electrons. The van der Waals surface area contributed by atoms with Crippen LogP contribution in [0.2, 0.25) is 0 Å². The average Bonchev–Trinajstić information content (AvgIpc) is 2.42. The van der Waals surface area contributed by atoms with Gasteiger partial charge in [-0.05, 0) is 39.8 Å². The van der Waals surface area contributed by atoms with Gasteiger partial charge in [0.2, 0.25) is 0 Å². The maximum absolute atomic E-state index is 12.0. The third-order valence-corrected chi connectivity index (χ3v) is 3.01. The van der Waals surface area contributed by atoms with Crippen LogP contribution in [0.15, 0.2) is 12.1 Å². The molecule has 0 saturated carbocycles. The normalized spacial score (nSPS) is 10.2. The smallest absolute Gasteiger partial charge is 0.274 e. The first-order valence-corrected chi connectivity index (χ1v) is 6.55. The molecule has 0 bridgehead atoms. The standard InChI is InChI=1S/C13H22N4O/c1-5-16(6-2)12-10-9-11(14-15-12)13(18)17(7-3)8-4/h9-10H,5-8H2,1-4H3. The molecule has 0 atom stereocenters. The summed E-state index contributed by atoms with van der Waals surface area (Å²) in [6.45, 7) is 11.2. The van der Waals surface area contributed by atoms with Gasteiger partial charge >= 0.3 is 0 Å². The number of nitrogens with zero attached hydrogens (tertiary/aromatic N) is 4. The molecular weight excluding hydrogens is 228 g/mol. The van der Waals surface area contributed by atoms with Crippen LogP contribution in [0, 0.1) is 0 Å². The van der Waals surface area contributed by atoms with E-state index in [1.807, 2.05) is 19.9 Å². The van der Waals surface area contributed by atoms with E-state index in [0.717, 1.165) is 18.9 Å². The van der Waals surface area contributed by atoms with Gasteiger partial charge in [-0.2, -0.15) is 0 Å². The van der Waals surface area contributed by atoms with Crippen molar-refractivity contribution >= 4 is 11.7 Å². The number of amides is 1. The Kier molecular flexibility index (Phi) is 5.55. The number of hydrogen-bond acceptors (Lipinski definition) is 4. The van der Waals surface area contributed by atoms with Crippen LogP contribution in [0.25, 0.3) is 0 Å². The molecule has 0 spiro atoms. The molecule has 0 fully saturated rings. The van der Waals surface area contributed by atoms with Gasteiger partial charge < -0.3 is 9.80 Å². The Balaban J connectivity index is 2.85. The summed E-state index contributed by atoms with van der Waals surface area (Å²) in [6.07, 6.45) is 0. The Labute approximate surface area is 109 Å². The van der Waals surface area contributed by atoms with E-state index in [4.69, 9.17) is 0 Å². The third kappa shape index (κ3) is 3.18. The molecule has 0 aromatic carbocycles. The van der Waals surface area contributed by atoms with Crippen LogP contribution in [0.4, 0.5) is 5.82 Å². The molecule has 0 N–H and O–H groups in total. The highest BCUT2D eigenvalue weighted by Crippen LogP contribution is 2.10. The van der Waals surface area contributed by atoms with Crippen LogP contribution in [0.3, 0.4) is 0 Å². The van der Waals surface area contributed by atoms with Crippen LogP contribution in [-0.4, -0.2) is 47.2 Å². The molecular formula is C13H22N4O. The SMILES string of the molecule is CCN(CC)C(=O)c1ccc(N(CC)CC)nn1. The number of hydrogen-bond donors (Lipinski definition) is 0. The second kappa shape index (κ2) is 6.93. The van der Waals surface area contributed by atoms with Crippen LogP contribution in [0.1, 0.15) is 38.2 Å². The molecule has 1 aromatic heterocycles. The van der Waals surface area contributed by atoms with Gasteiger partial charge in [-0.15, -0.1) is 10.2 Å². The molecule has 0 saturated heterocycles. The largest absolute Gasteiger partial charge is 0.356 e. The van der Waals surface area contributed by atoms with E-state index in [0.29, 0.717) is 18.8 Å². The van der Waals surface area contributed by atoms with Gasteiger partial charge in [0, 0.05) is 26.2 Å². The van der Waals surface area contributed by atoms with Crippen molar-refractivity contribution < 1.29 is 4.79 Å². The van der Waals surface area contributed by atoms with Gasteiger partial charge in [0.25, 0.3) is 5.91 Å². The fourth-order valence-corrected chi connectivity index (χ4v) is 1.83. The van der Waals surface area contributed by atoms with E-state index in [1.54, 1.807) is 11.0 Å². The van der Waals surface area contributed by atoms with Crippen molar-refractivity contribution in [1.29, 1.82) is 0 Å². The maximum Gasteiger partial charge on any atom is 0.274 e. The minimum absolute atomic E-state index is 0.0569. The predicted molar refractivity (Wildman–Crippen MR) is 72.8 cm³/mol. The van der Waals surface area contributed by atoms with Crippen molar-refractivity contribution in [2.75, 3.05) is 31.1 Å². The molecule has 18 heavy (non-hydrogen) atoms. The first-order chi connectivity index (χ1) is 8.67. The van der Waals surface area contributed by atoms with E-state index in [1.165, 1.54) is 0 Å². The summed E-state index contributed by atoms with van der Waals surface area (Å²) in [4.78, 5) is 15.9. The lowest BCUT2D eigenvalue weighted by Gasteiger charge is -2.20. The molecule has 1 amide bonds. The van der Waals surface area contributed by atoms with Crippen molar-refractivity contribution in [2.45, 2.75) is 27.7 Å². The summed E-state index contributed by atoms with van der Waals surface area (Å²) >= 11 is 0. The van der Waals surface area contributed by atoms with Crippen molar-refractivity contribution in [1.82, 2.24) is 15.1 Å². The lowest BCUT2D eigenvalue weighted by molar-refractivity contribution is 0.0766. The highest BCUT2D eigenvalue weighted by atomic mass is 16.2. The van der Waals surface area contributed by atoms with E-state index in [9.17, 15) is 4.79 Å². The van der Waals surface area contributed by atoms with Crippen LogP contribution in [0.5, 0.6) is 0 Å². The van der Waals surface area contributed by atoms with Gasteiger partial charge in [-0.3, -0.25) is 4.79 Å². The predicted octanol–water partition coefficient (Wildman–Crippen LogP) is 1.80. The molecule has 0 unspecified atom stereocenters. The quantitative estimate of drug-likeness (QED) is 0.772. The topological polar surface area (TPSA) is 49.3 Å². The zero-order valence-electron chi connectivity index (χ0n) is 11.7. The minimum atomic E-state index is -0.0569. The lowest BCUT2D eigenvalue weighted by atomic mass is 10.3. The van der Waals surface area contributed by atoms with Crippen LogP contribution in [-0.2, 0) is 0 Å². The van der Waals surface area contributed by atoms with Crippen molar-refractivity contribution in [2.24, 2.45) is 0 Å². The lowest BCUT2D eigenvalue weighted by Crippen LogP contribution is -2.31. The number of rotatable bonds is 6. The van der Waals surface area contributed by atoms with Gasteiger partial charge in [-0.25, -0.2) is 0 Å². The van der Waals surface area contributed by atoms with Crippen LogP contribution < -0.4 is 4.90 Å². The molecule has 1 aromatic rings. The summed E-state index contributed by atoms with van der Waals surface area (Å²) in [5.74, 6) is 0.759. The Morgan fingerprint density at radius 1 is 1.00 bits per heavy atom. The summed E-state index contributed by atoms with van der Waals surface area (Å²) in [5, 5.41) is 8.15. The summed E-state index contributed by atoms with van der Waals surface area (Å²) in [5.41, 5.74) is 0.412. The Morgan fingerprint density at radius 3 is 2.00 bits per heavy atom. The molecule has 5 heteroatoms. The first kappa shape index (κ1) is 14.4. The van der Waals surface area contributed by atoms with Crippen molar-refractivity contribution in [3.8, 4) is 0 Å². The second-order valence-corrected chi connectivity index (χ2v) is 3.93. The third-order valence-electron chi connectivity index (χ3n) is 3.01. The maximum atomic E-state index is 12.0. The van der Waals surface area contributed by atoms with E-state index < -0.39 is 0 Å². The molecule has 1 rings (SSSR count). The second-order valence-electron chi connectivity index (χ2n) is 3.93. The molecule has 0 aliphatic rings. The highest BCUT2D eigenvalue weighted by molar-refractivity contribution is 5.92. The monoisotopic (exact) mass is 250 g/mol. The van der Waals surface area contributed by atoms with E-state index >= 15 is 0 Å². The first-order valence-electron chi connectivity index (χ1n) is 6.55. The summed E-state index contributed by atoms with van der Waals surface area (Å²) in [7, 11) is 0. The molecule has 100 valence electrons. The fraction of sp³-hybridized carbons (Fsp3) is 0.615. The Bertz CT molecular complexity index is 369. The fourth-order valence-electron chi connectivity index (χ4n) is 1.83. The Hall–Kier alpha value is -1.65. The summed E-state index contributed by atoms with van der Waals surface area (Å²) in [6, 6.07) is 3.61. The van der Waals surface area contributed by atoms with Gasteiger partial charge in [-0.1, -0.05) is 0 Å². The highest BCUT2D eigenvalue weighted by Gasteiger charge is 2.15. The number of carbonyl (C=O) groups is 1.